The van der Waals surface area contributed by atoms with Gasteiger partial charge in [-0.25, -0.2) is 4.79 Å². The lowest BCUT2D eigenvalue weighted by atomic mass is 10.1. The van der Waals surface area contributed by atoms with Gasteiger partial charge in [0.2, 0.25) is 0 Å². The molecule has 0 saturated carbocycles. The van der Waals surface area contributed by atoms with Crippen LogP contribution in [0.5, 0.6) is 0 Å². The maximum atomic E-state index is 10.3. The van der Waals surface area contributed by atoms with E-state index < -0.39 is 5.97 Å². The summed E-state index contributed by atoms with van der Waals surface area (Å²) < 4.78 is 0. The van der Waals surface area contributed by atoms with Crippen molar-refractivity contribution in [2.75, 3.05) is 0 Å². The molecule has 0 radical (unpaired) electrons. The standard InChI is InChI=1S/C10H8Cl2O2/c1-6-4-8(11)9(12)5-7(6)2-3-10(13)14/h2-5H,1H3,(H,13,14)/b3-2+. The number of aryl methyl sites for hydroxylation is 1. The Morgan fingerprint density at radius 1 is 1.36 bits per heavy atom. The number of hydrogen-bond acceptors (Lipinski definition) is 1. The summed E-state index contributed by atoms with van der Waals surface area (Å²) in [5, 5.41) is 9.33. The van der Waals surface area contributed by atoms with E-state index in [1.165, 1.54) is 6.08 Å². The minimum absolute atomic E-state index is 0.419. The maximum absolute atomic E-state index is 10.3. The SMILES string of the molecule is Cc1cc(Cl)c(Cl)cc1/C=C/C(=O)O. The molecular weight excluding hydrogens is 223 g/mol. The second kappa shape index (κ2) is 4.49. The largest absolute Gasteiger partial charge is 0.478 e. The van der Waals surface area contributed by atoms with Crippen molar-refractivity contribution in [2.24, 2.45) is 0 Å². The molecule has 1 aromatic rings. The van der Waals surface area contributed by atoms with Gasteiger partial charge in [-0.1, -0.05) is 23.2 Å². The summed E-state index contributed by atoms with van der Waals surface area (Å²) in [6, 6.07) is 3.34. The highest BCUT2D eigenvalue weighted by molar-refractivity contribution is 6.42. The summed E-state index contributed by atoms with van der Waals surface area (Å²) in [4.78, 5) is 10.3. The topological polar surface area (TPSA) is 37.3 Å². The zero-order valence-corrected chi connectivity index (χ0v) is 8.93. The van der Waals surface area contributed by atoms with Gasteiger partial charge in [0, 0.05) is 6.08 Å². The van der Waals surface area contributed by atoms with E-state index in [4.69, 9.17) is 28.3 Å². The summed E-state index contributed by atoms with van der Waals surface area (Å²) in [5.74, 6) is -0.990. The van der Waals surface area contributed by atoms with Gasteiger partial charge >= 0.3 is 5.97 Å². The predicted molar refractivity (Wildman–Crippen MR) is 57.9 cm³/mol. The number of carboxylic acids is 1. The molecule has 14 heavy (non-hydrogen) atoms. The number of halogens is 2. The first-order chi connectivity index (χ1) is 6.50. The molecule has 0 heterocycles. The lowest BCUT2D eigenvalue weighted by molar-refractivity contribution is -0.131. The Morgan fingerprint density at radius 3 is 2.50 bits per heavy atom. The molecule has 2 nitrogen and oxygen atoms in total. The van der Waals surface area contributed by atoms with E-state index in [1.54, 1.807) is 12.1 Å². The molecule has 0 bridgehead atoms. The fourth-order valence-electron chi connectivity index (χ4n) is 1.00. The normalized spacial score (nSPS) is 10.8. The first-order valence-corrected chi connectivity index (χ1v) is 4.63. The number of rotatable bonds is 2. The van der Waals surface area contributed by atoms with Crippen LogP contribution in [0.2, 0.25) is 10.0 Å². The molecule has 0 aliphatic rings. The molecule has 0 unspecified atom stereocenters. The van der Waals surface area contributed by atoms with Crippen LogP contribution in [0, 0.1) is 6.92 Å². The fourth-order valence-corrected chi connectivity index (χ4v) is 1.39. The highest BCUT2D eigenvalue weighted by atomic mass is 35.5. The van der Waals surface area contributed by atoms with Crippen LogP contribution in [0.1, 0.15) is 11.1 Å². The number of benzene rings is 1. The molecule has 0 aromatic heterocycles. The Morgan fingerprint density at radius 2 is 1.93 bits per heavy atom. The Balaban J connectivity index is 3.10. The van der Waals surface area contributed by atoms with Crippen molar-refractivity contribution in [3.63, 3.8) is 0 Å². The van der Waals surface area contributed by atoms with E-state index in [2.05, 4.69) is 0 Å². The van der Waals surface area contributed by atoms with Gasteiger partial charge in [-0.05, 0) is 36.3 Å². The first kappa shape index (κ1) is 11.1. The van der Waals surface area contributed by atoms with Crippen LogP contribution >= 0.6 is 23.2 Å². The van der Waals surface area contributed by atoms with Crippen molar-refractivity contribution in [3.05, 3.63) is 39.4 Å². The Labute approximate surface area is 91.8 Å². The zero-order chi connectivity index (χ0) is 10.7. The molecule has 1 rings (SSSR count). The summed E-state index contributed by atoms with van der Waals surface area (Å²) in [7, 11) is 0. The number of carboxylic acid groups (broad SMARTS) is 1. The first-order valence-electron chi connectivity index (χ1n) is 3.87. The molecule has 0 aliphatic carbocycles. The molecule has 0 amide bonds. The van der Waals surface area contributed by atoms with Crippen molar-refractivity contribution >= 4 is 35.2 Å². The second-order valence-electron chi connectivity index (χ2n) is 2.79. The van der Waals surface area contributed by atoms with Crippen molar-refractivity contribution in [3.8, 4) is 0 Å². The molecule has 1 aromatic carbocycles. The van der Waals surface area contributed by atoms with E-state index in [-0.39, 0.29) is 0 Å². The summed E-state index contributed by atoms with van der Waals surface area (Å²) in [6.45, 7) is 1.84. The molecule has 0 fully saturated rings. The third-order valence-corrected chi connectivity index (χ3v) is 2.44. The molecule has 0 spiro atoms. The van der Waals surface area contributed by atoms with Crippen LogP contribution < -0.4 is 0 Å². The monoisotopic (exact) mass is 230 g/mol. The van der Waals surface area contributed by atoms with E-state index in [9.17, 15) is 4.79 Å². The Hall–Kier alpha value is -0.990. The van der Waals surface area contributed by atoms with E-state index in [0.717, 1.165) is 17.2 Å². The zero-order valence-electron chi connectivity index (χ0n) is 7.42. The highest BCUT2D eigenvalue weighted by Crippen LogP contribution is 2.26. The number of hydrogen-bond donors (Lipinski definition) is 1. The van der Waals surface area contributed by atoms with Gasteiger partial charge in [0.25, 0.3) is 0 Å². The van der Waals surface area contributed by atoms with Crippen molar-refractivity contribution in [1.82, 2.24) is 0 Å². The smallest absolute Gasteiger partial charge is 0.328 e. The van der Waals surface area contributed by atoms with E-state index in [0.29, 0.717) is 10.0 Å². The fraction of sp³-hybridized carbons (Fsp3) is 0.100. The van der Waals surface area contributed by atoms with Gasteiger partial charge in [0.05, 0.1) is 10.0 Å². The lowest BCUT2D eigenvalue weighted by Crippen LogP contribution is -1.87. The van der Waals surface area contributed by atoms with Gasteiger partial charge < -0.3 is 5.11 Å². The van der Waals surface area contributed by atoms with Crippen molar-refractivity contribution in [1.29, 1.82) is 0 Å². The van der Waals surface area contributed by atoms with Crippen molar-refractivity contribution < 1.29 is 9.90 Å². The number of carbonyl (C=O) groups is 1. The van der Waals surface area contributed by atoms with Crippen molar-refractivity contribution in [2.45, 2.75) is 6.92 Å². The number of aliphatic carboxylic acids is 1. The van der Waals surface area contributed by atoms with Crippen LogP contribution in [0.15, 0.2) is 18.2 Å². The van der Waals surface area contributed by atoms with Gasteiger partial charge in [0.1, 0.15) is 0 Å². The minimum atomic E-state index is -0.990. The van der Waals surface area contributed by atoms with Gasteiger partial charge in [-0.15, -0.1) is 0 Å². The second-order valence-corrected chi connectivity index (χ2v) is 3.61. The van der Waals surface area contributed by atoms with Gasteiger partial charge in [-0.2, -0.15) is 0 Å². The van der Waals surface area contributed by atoms with Gasteiger partial charge in [0.15, 0.2) is 0 Å². The average molecular weight is 231 g/mol. The lowest BCUT2D eigenvalue weighted by Gasteiger charge is -2.02. The Kier molecular flexibility index (Phi) is 3.55. The van der Waals surface area contributed by atoms with Crippen LogP contribution in [0.3, 0.4) is 0 Å². The van der Waals surface area contributed by atoms with Crippen LogP contribution in [0.4, 0.5) is 0 Å². The molecule has 0 atom stereocenters. The minimum Gasteiger partial charge on any atom is -0.478 e. The predicted octanol–water partition coefficient (Wildman–Crippen LogP) is 3.40. The molecular formula is C10H8Cl2O2. The third kappa shape index (κ3) is 2.76. The quantitative estimate of drug-likeness (QED) is 0.792. The summed E-state index contributed by atoms with van der Waals surface area (Å²) in [6.07, 6.45) is 2.55. The van der Waals surface area contributed by atoms with Crippen LogP contribution in [-0.4, -0.2) is 11.1 Å². The third-order valence-electron chi connectivity index (χ3n) is 1.71. The summed E-state index contributed by atoms with van der Waals surface area (Å²) >= 11 is 11.6. The molecule has 0 saturated heterocycles. The van der Waals surface area contributed by atoms with Crippen LogP contribution in [-0.2, 0) is 4.79 Å². The van der Waals surface area contributed by atoms with Crippen LogP contribution in [0.25, 0.3) is 6.08 Å². The van der Waals surface area contributed by atoms with E-state index >= 15 is 0 Å². The summed E-state index contributed by atoms with van der Waals surface area (Å²) in [5.41, 5.74) is 1.64. The highest BCUT2D eigenvalue weighted by Gasteiger charge is 2.01. The molecule has 74 valence electrons. The maximum Gasteiger partial charge on any atom is 0.328 e. The molecule has 1 N–H and O–H groups in total. The Bertz CT molecular complexity index is 397. The van der Waals surface area contributed by atoms with Gasteiger partial charge in [-0.3, -0.25) is 0 Å². The molecule has 4 heteroatoms. The van der Waals surface area contributed by atoms with E-state index in [1.807, 2.05) is 6.92 Å². The average Bonchev–Trinajstić information content (AvgIpc) is 2.09. The molecule has 0 aliphatic heterocycles.